The molecule has 0 amide bonds. The second kappa shape index (κ2) is 4.88. The first-order chi connectivity index (χ1) is 11.1. The van der Waals surface area contributed by atoms with E-state index in [1.54, 1.807) is 6.07 Å². The maximum atomic E-state index is 14.5. The maximum absolute atomic E-state index is 14.5. The molecule has 0 aliphatic heterocycles. The Balaban J connectivity index is 2.20. The Morgan fingerprint density at radius 3 is 2.65 bits per heavy atom. The van der Waals surface area contributed by atoms with Gasteiger partial charge in [0, 0.05) is 23.6 Å². The van der Waals surface area contributed by atoms with Gasteiger partial charge in [-0.1, -0.05) is 0 Å². The molecule has 0 atom stereocenters. The first-order valence-electron chi connectivity index (χ1n) is 7.32. The van der Waals surface area contributed by atoms with E-state index in [9.17, 15) is 8.78 Å². The Morgan fingerprint density at radius 1 is 1.04 bits per heavy atom. The summed E-state index contributed by atoms with van der Waals surface area (Å²) in [6.45, 7) is 1.85. The number of aromatic nitrogens is 1. The van der Waals surface area contributed by atoms with E-state index in [2.05, 4.69) is 0 Å². The zero-order valence-electron chi connectivity index (χ0n) is 12.7. The number of nitrogens with zero attached hydrogens (tertiary/aromatic N) is 1. The van der Waals surface area contributed by atoms with Crippen molar-refractivity contribution in [3.05, 3.63) is 65.9 Å². The van der Waals surface area contributed by atoms with Crippen LogP contribution < -0.4 is 4.57 Å². The van der Waals surface area contributed by atoms with Crippen molar-refractivity contribution in [2.75, 3.05) is 0 Å². The minimum absolute atomic E-state index is 0.351. The van der Waals surface area contributed by atoms with Gasteiger partial charge in [0.15, 0.2) is 11.8 Å². The minimum Gasteiger partial charge on any atom is -0.455 e. The Morgan fingerprint density at radius 2 is 1.87 bits per heavy atom. The molecular weight excluding hydrogens is 296 g/mol. The van der Waals surface area contributed by atoms with Crippen LogP contribution in [0.15, 0.2) is 53.1 Å². The summed E-state index contributed by atoms with van der Waals surface area (Å²) in [5.41, 5.74) is 3.31. The van der Waals surface area contributed by atoms with Gasteiger partial charge < -0.3 is 4.42 Å². The number of aryl methyl sites for hydroxylation is 2. The third-order valence-corrected chi connectivity index (χ3v) is 4.17. The van der Waals surface area contributed by atoms with Crippen molar-refractivity contribution in [3.8, 4) is 11.3 Å². The number of furan rings is 1. The summed E-state index contributed by atoms with van der Waals surface area (Å²) >= 11 is 0. The van der Waals surface area contributed by atoms with E-state index in [1.165, 1.54) is 18.2 Å². The van der Waals surface area contributed by atoms with Crippen LogP contribution in [-0.2, 0) is 7.05 Å². The average molecular weight is 310 g/mol. The highest BCUT2D eigenvalue weighted by Gasteiger charge is 2.23. The molecule has 0 fully saturated rings. The third kappa shape index (κ3) is 2.02. The van der Waals surface area contributed by atoms with Gasteiger partial charge in [-0.2, -0.15) is 0 Å². The van der Waals surface area contributed by atoms with Crippen LogP contribution >= 0.6 is 0 Å². The lowest BCUT2D eigenvalue weighted by Gasteiger charge is -2.06. The van der Waals surface area contributed by atoms with Crippen LogP contribution in [0.4, 0.5) is 8.78 Å². The standard InChI is InChI=1S/C19H14F2NO/c1-11-9-14(21)18-13-7-6-12(20)10-16(13)23-19(18)17(11)15-5-3-4-8-22(15)2/h3-10H,1-2H3/q+1. The number of hydrogen-bond acceptors (Lipinski definition) is 1. The molecule has 2 heterocycles. The number of fused-ring (bicyclic) bond motifs is 3. The van der Waals surface area contributed by atoms with Gasteiger partial charge >= 0.3 is 0 Å². The van der Waals surface area contributed by atoms with Gasteiger partial charge in [0.05, 0.1) is 10.9 Å². The van der Waals surface area contributed by atoms with Gasteiger partial charge in [0.1, 0.15) is 24.3 Å². The molecule has 2 nitrogen and oxygen atoms in total. The first-order valence-corrected chi connectivity index (χ1v) is 7.32. The summed E-state index contributed by atoms with van der Waals surface area (Å²) < 4.78 is 35.8. The Bertz CT molecular complexity index is 1070. The van der Waals surface area contributed by atoms with Crippen LogP contribution in [0.25, 0.3) is 33.2 Å². The Kier molecular flexibility index (Phi) is 2.94. The van der Waals surface area contributed by atoms with Crippen molar-refractivity contribution in [3.63, 3.8) is 0 Å². The highest BCUT2D eigenvalue weighted by Crippen LogP contribution is 2.38. The molecule has 0 saturated heterocycles. The third-order valence-electron chi connectivity index (χ3n) is 4.17. The smallest absolute Gasteiger partial charge is 0.216 e. The lowest BCUT2D eigenvalue weighted by molar-refractivity contribution is -0.660. The van der Waals surface area contributed by atoms with Crippen molar-refractivity contribution in [1.29, 1.82) is 0 Å². The zero-order valence-corrected chi connectivity index (χ0v) is 12.7. The van der Waals surface area contributed by atoms with Crippen molar-refractivity contribution < 1.29 is 17.8 Å². The van der Waals surface area contributed by atoms with Crippen molar-refractivity contribution in [2.24, 2.45) is 7.05 Å². The number of hydrogen-bond donors (Lipinski definition) is 0. The van der Waals surface area contributed by atoms with E-state index in [0.29, 0.717) is 21.9 Å². The molecule has 4 aromatic rings. The van der Waals surface area contributed by atoms with Gasteiger partial charge in [0.2, 0.25) is 5.69 Å². The number of rotatable bonds is 1. The molecule has 0 bridgehead atoms. The van der Waals surface area contributed by atoms with Crippen molar-refractivity contribution in [2.45, 2.75) is 6.92 Å². The summed E-state index contributed by atoms with van der Waals surface area (Å²) in [5.74, 6) is -0.759. The monoisotopic (exact) mass is 310 g/mol. The summed E-state index contributed by atoms with van der Waals surface area (Å²) in [4.78, 5) is 0. The fraction of sp³-hybridized carbons (Fsp3) is 0.105. The van der Waals surface area contributed by atoms with Gasteiger partial charge in [-0.15, -0.1) is 0 Å². The lowest BCUT2D eigenvalue weighted by Crippen LogP contribution is -2.30. The second-order valence-corrected chi connectivity index (χ2v) is 5.69. The van der Waals surface area contributed by atoms with Crippen LogP contribution in [0.1, 0.15) is 5.56 Å². The van der Waals surface area contributed by atoms with Crippen molar-refractivity contribution >= 4 is 21.9 Å². The van der Waals surface area contributed by atoms with E-state index < -0.39 is 5.82 Å². The Hall–Kier alpha value is -2.75. The average Bonchev–Trinajstić information content (AvgIpc) is 2.87. The molecule has 2 aromatic carbocycles. The second-order valence-electron chi connectivity index (χ2n) is 5.69. The SMILES string of the molecule is Cc1cc(F)c2c(oc3cc(F)ccc32)c1-c1cccc[n+]1C. The quantitative estimate of drug-likeness (QED) is 0.467. The number of pyridine rings is 1. The van der Waals surface area contributed by atoms with Gasteiger partial charge in [-0.05, 0) is 36.8 Å². The normalized spacial score (nSPS) is 11.5. The molecule has 0 aliphatic rings. The first kappa shape index (κ1) is 13.9. The molecule has 4 rings (SSSR count). The topological polar surface area (TPSA) is 17.0 Å². The maximum Gasteiger partial charge on any atom is 0.216 e. The molecule has 0 N–H and O–H groups in total. The van der Waals surface area contributed by atoms with Crippen LogP contribution in [0.3, 0.4) is 0 Å². The lowest BCUT2D eigenvalue weighted by atomic mass is 10.00. The Labute approximate surface area is 131 Å². The van der Waals surface area contributed by atoms with E-state index in [0.717, 1.165) is 16.8 Å². The molecule has 0 unspecified atom stereocenters. The summed E-state index contributed by atoms with van der Waals surface area (Å²) in [7, 11) is 1.92. The highest BCUT2D eigenvalue weighted by atomic mass is 19.1. The molecule has 0 saturated carbocycles. The fourth-order valence-electron chi connectivity index (χ4n) is 3.10. The van der Waals surface area contributed by atoms with Gasteiger partial charge in [-0.3, -0.25) is 0 Å². The minimum atomic E-state index is -0.402. The van der Waals surface area contributed by atoms with E-state index >= 15 is 0 Å². The number of benzene rings is 2. The molecule has 0 radical (unpaired) electrons. The van der Waals surface area contributed by atoms with Crippen molar-refractivity contribution in [1.82, 2.24) is 0 Å². The molecule has 23 heavy (non-hydrogen) atoms. The summed E-state index contributed by atoms with van der Waals surface area (Å²) in [6, 6.07) is 11.5. The molecule has 114 valence electrons. The van der Waals surface area contributed by atoms with E-state index in [4.69, 9.17) is 4.42 Å². The zero-order chi connectivity index (χ0) is 16.1. The molecule has 0 aliphatic carbocycles. The summed E-state index contributed by atoms with van der Waals surface area (Å²) in [5, 5.41) is 0.975. The van der Waals surface area contributed by atoms with Crippen LogP contribution in [0.5, 0.6) is 0 Å². The molecule has 2 aromatic heterocycles. The largest absolute Gasteiger partial charge is 0.455 e. The molecule has 0 spiro atoms. The fourth-order valence-corrected chi connectivity index (χ4v) is 3.10. The highest BCUT2D eigenvalue weighted by molar-refractivity contribution is 6.10. The van der Waals surface area contributed by atoms with E-state index in [-0.39, 0.29) is 5.82 Å². The van der Waals surface area contributed by atoms with Gasteiger partial charge in [-0.25, -0.2) is 13.3 Å². The van der Waals surface area contributed by atoms with Crippen LogP contribution in [-0.4, -0.2) is 0 Å². The predicted molar refractivity (Wildman–Crippen MR) is 85.0 cm³/mol. The molecule has 4 heteroatoms. The van der Waals surface area contributed by atoms with Crippen LogP contribution in [0.2, 0.25) is 0 Å². The van der Waals surface area contributed by atoms with E-state index in [1.807, 2.05) is 42.9 Å². The molecular formula is C19H14F2NO+. The number of halogens is 2. The van der Waals surface area contributed by atoms with Crippen LogP contribution in [0, 0.1) is 18.6 Å². The predicted octanol–water partition coefficient (Wildman–Crippen LogP) is 4.66. The summed E-state index contributed by atoms with van der Waals surface area (Å²) in [6.07, 6.45) is 1.92. The van der Waals surface area contributed by atoms with Gasteiger partial charge in [0.25, 0.3) is 0 Å².